The normalized spacial score (nSPS) is 31.8. The highest BCUT2D eigenvalue weighted by atomic mass is 16.4. The topological polar surface area (TPSA) is 72.9 Å². The molecule has 6 heteroatoms. The Hall–Kier alpha value is -1.14. The molecule has 1 amide bonds. The largest absolute Gasteiger partial charge is 0.481 e. The van der Waals surface area contributed by atoms with Gasteiger partial charge in [0, 0.05) is 38.1 Å². The number of nitrogens with zero attached hydrogens (tertiary/aromatic N) is 2. The number of hydrogen-bond donors (Lipinski definition) is 2. The fourth-order valence-electron chi connectivity index (χ4n) is 3.29. The number of carboxylic acids is 1. The van der Waals surface area contributed by atoms with Crippen molar-refractivity contribution in [3.8, 4) is 0 Å². The first-order chi connectivity index (χ1) is 9.97. The van der Waals surface area contributed by atoms with Gasteiger partial charge < -0.3 is 15.3 Å². The van der Waals surface area contributed by atoms with Crippen LogP contribution in [0.4, 0.5) is 0 Å². The lowest BCUT2D eigenvalue weighted by Crippen LogP contribution is -2.54. The van der Waals surface area contributed by atoms with E-state index in [0.29, 0.717) is 38.3 Å². The van der Waals surface area contributed by atoms with Gasteiger partial charge in [0.15, 0.2) is 0 Å². The highest BCUT2D eigenvalue weighted by Crippen LogP contribution is 2.29. The van der Waals surface area contributed by atoms with Crippen molar-refractivity contribution in [1.82, 2.24) is 15.1 Å². The van der Waals surface area contributed by atoms with Crippen molar-refractivity contribution in [2.75, 3.05) is 40.3 Å². The maximum absolute atomic E-state index is 12.2. The Kier molecular flexibility index (Phi) is 5.58. The van der Waals surface area contributed by atoms with Gasteiger partial charge in [-0.3, -0.25) is 14.5 Å². The van der Waals surface area contributed by atoms with Crippen molar-refractivity contribution in [1.29, 1.82) is 0 Å². The zero-order chi connectivity index (χ0) is 15.4. The molecule has 0 aromatic carbocycles. The second kappa shape index (κ2) is 7.22. The molecule has 1 saturated heterocycles. The van der Waals surface area contributed by atoms with Crippen LogP contribution in [0.25, 0.3) is 0 Å². The van der Waals surface area contributed by atoms with E-state index < -0.39 is 5.97 Å². The number of carbonyl (C=O) groups excluding carboxylic acids is 1. The summed E-state index contributed by atoms with van der Waals surface area (Å²) < 4.78 is 0. The fraction of sp³-hybridized carbons (Fsp3) is 0.867. The van der Waals surface area contributed by atoms with Gasteiger partial charge in [0.2, 0.25) is 5.91 Å². The molecule has 1 unspecified atom stereocenters. The quantitative estimate of drug-likeness (QED) is 0.778. The minimum Gasteiger partial charge on any atom is -0.481 e. The van der Waals surface area contributed by atoms with Crippen molar-refractivity contribution in [3.63, 3.8) is 0 Å². The first-order valence-electron chi connectivity index (χ1n) is 7.86. The lowest BCUT2D eigenvalue weighted by atomic mass is 9.81. The molecule has 0 spiro atoms. The average molecular weight is 297 g/mol. The minimum absolute atomic E-state index is 0.00720. The number of amides is 1. The summed E-state index contributed by atoms with van der Waals surface area (Å²) in [5, 5.41) is 12.0. The van der Waals surface area contributed by atoms with E-state index in [1.807, 2.05) is 0 Å². The molecule has 2 aliphatic rings. The zero-order valence-electron chi connectivity index (χ0n) is 13.0. The number of aliphatic carboxylic acids is 1. The molecule has 1 heterocycles. The van der Waals surface area contributed by atoms with Gasteiger partial charge in [-0.25, -0.2) is 0 Å². The molecule has 21 heavy (non-hydrogen) atoms. The van der Waals surface area contributed by atoms with Crippen LogP contribution < -0.4 is 5.32 Å². The van der Waals surface area contributed by atoms with Gasteiger partial charge >= 0.3 is 5.97 Å². The van der Waals surface area contributed by atoms with Crippen molar-refractivity contribution >= 4 is 11.9 Å². The Balaban J connectivity index is 1.73. The summed E-state index contributed by atoms with van der Waals surface area (Å²) in [5.41, 5.74) is 0. The fourth-order valence-corrected chi connectivity index (χ4v) is 3.29. The molecule has 0 radical (unpaired) electrons. The SMILES string of the molecule is CN1CCN(C)C(CNC(=O)C2CCC(C(=O)O)CC2)C1. The van der Waals surface area contributed by atoms with Gasteiger partial charge in [0.25, 0.3) is 0 Å². The predicted molar refractivity (Wildman–Crippen MR) is 80.0 cm³/mol. The minimum atomic E-state index is -0.722. The van der Waals surface area contributed by atoms with Crippen molar-refractivity contribution < 1.29 is 14.7 Å². The summed E-state index contributed by atoms with van der Waals surface area (Å²) in [6, 6.07) is 0.364. The van der Waals surface area contributed by atoms with Gasteiger partial charge in [0.1, 0.15) is 0 Å². The first-order valence-corrected chi connectivity index (χ1v) is 7.86. The monoisotopic (exact) mass is 297 g/mol. The number of hydrogen-bond acceptors (Lipinski definition) is 4. The number of carbonyl (C=O) groups is 2. The van der Waals surface area contributed by atoms with Crippen LogP contribution in [0.1, 0.15) is 25.7 Å². The summed E-state index contributed by atoms with van der Waals surface area (Å²) >= 11 is 0. The second-order valence-electron chi connectivity index (χ2n) is 6.53. The summed E-state index contributed by atoms with van der Waals surface area (Å²) in [4.78, 5) is 27.7. The number of carboxylic acid groups (broad SMARTS) is 1. The van der Waals surface area contributed by atoms with Gasteiger partial charge in [-0.05, 0) is 39.8 Å². The van der Waals surface area contributed by atoms with Crippen LogP contribution in [0.5, 0.6) is 0 Å². The standard InChI is InChI=1S/C15H27N3O3/c1-17-7-8-18(2)13(10-17)9-16-14(19)11-3-5-12(6-4-11)15(20)21/h11-13H,3-10H2,1-2H3,(H,16,19)(H,20,21). The maximum atomic E-state index is 12.2. The van der Waals surface area contributed by atoms with Crippen LogP contribution in [0.3, 0.4) is 0 Å². The first kappa shape index (κ1) is 16.2. The van der Waals surface area contributed by atoms with Crippen molar-refractivity contribution in [2.24, 2.45) is 11.8 Å². The Morgan fingerprint density at radius 1 is 1.10 bits per heavy atom. The van der Waals surface area contributed by atoms with E-state index >= 15 is 0 Å². The molecule has 1 aliphatic heterocycles. The van der Waals surface area contributed by atoms with Crippen LogP contribution >= 0.6 is 0 Å². The van der Waals surface area contributed by atoms with E-state index in [9.17, 15) is 9.59 Å². The summed E-state index contributed by atoms with van der Waals surface area (Å²) in [6.45, 7) is 3.75. The molecule has 6 nitrogen and oxygen atoms in total. The molecule has 2 rings (SSSR count). The Morgan fingerprint density at radius 3 is 2.33 bits per heavy atom. The molecular weight excluding hydrogens is 270 g/mol. The average Bonchev–Trinajstić information content (AvgIpc) is 2.48. The van der Waals surface area contributed by atoms with E-state index in [4.69, 9.17) is 5.11 Å². The molecular formula is C15H27N3O3. The van der Waals surface area contributed by atoms with Crippen LogP contribution in [0, 0.1) is 11.8 Å². The lowest BCUT2D eigenvalue weighted by Gasteiger charge is -2.38. The number of likely N-dealkylation sites (N-methyl/N-ethyl adjacent to an activating group) is 2. The van der Waals surface area contributed by atoms with E-state index in [0.717, 1.165) is 19.6 Å². The van der Waals surface area contributed by atoms with Crippen molar-refractivity contribution in [3.05, 3.63) is 0 Å². The molecule has 1 saturated carbocycles. The Labute approximate surface area is 126 Å². The van der Waals surface area contributed by atoms with E-state index in [-0.39, 0.29) is 17.7 Å². The third-order valence-electron chi connectivity index (χ3n) is 4.94. The molecule has 120 valence electrons. The molecule has 0 aromatic heterocycles. The van der Waals surface area contributed by atoms with Gasteiger partial charge in [-0.2, -0.15) is 0 Å². The van der Waals surface area contributed by atoms with Crippen LogP contribution in [0.2, 0.25) is 0 Å². The molecule has 0 aromatic rings. The molecule has 2 fully saturated rings. The highest BCUT2D eigenvalue weighted by Gasteiger charge is 2.30. The van der Waals surface area contributed by atoms with Gasteiger partial charge in [-0.1, -0.05) is 0 Å². The Morgan fingerprint density at radius 2 is 1.71 bits per heavy atom. The lowest BCUT2D eigenvalue weighted by molar-refractivity contribution is -0.144. The molecule has 2 N–H and O–H groups in total. The zero-order valence-corrected chi connectivity index (χ0v) is 13.0. The summed E-state index contributed by atoms with van der Waals surface area (Å²) in [6.07, 6.45) is 2.64. The van der Waals surface area contributed by atoms with E-state index in [1.54, 1.807) is 0 Å². The molecule has 1 aliphatic carbocycles. The number of nitrogens with one attached hydrogen (secondary N) is 1. The third kappa shape index (κ3) is 4.41. The second-order valence-corrected chi connectivity index (χ2v) is 6.53. The summed E-state index contributed by atoms with van der Waals surface area (Å²) in [5.74, 6) is -0.888. The Bertz CT molecular complexity index is 380. The number of piperazine rings is 1. The van der Waals surface area contributed by atoms with Gasteiger partial charge in [0.05, 0.1) is 5.92 Å². The van der Waals surface area contributed by atoms with Crippen LogP contribution in [0.15, 0.2) is 0 Å². The van der Waals surface area contributed by atoms with Gasteiger partial charge in [-0.15, -0.1) is 0 Å². The van der Waals surface area contributed by atoms with Crippen LogP contribution in [-0.2, 0) is 9.59 Å². The third-order valence-corrected chi connectivity index (χ3v) is 4.94. The number of rotatable bonds is 4. The molecule has 0 bridgehead atoms. The van der Waals surface area contributed by atoms with E-state index in [1.165, 1.54) is 0 Å². The predicted octanol–water partition coefficient (Wildman–Crippen LogP) is 0.239. The highest BCUT2D eigenvalue weighted by molar-refractivity contribution is 5.79. The van der Waals surface area contributed by atoms with Crippen LogP contribution in [-0.4, -0.2) is 73.1 Å². The van der Waals surface area contributed by atoms with E-state index in [2.05, 4.69) is 29.2 Å². The molecule has 1 atom stereocenters. The summed E-state index contributed by atoms with van der Waals surface area (Å²) in [7, 11) is 4.21. The maximum Gasteiger partial charge on any atom is 0.306 e. The van der Waals surface area contributed by atoms with Crippen molar-refractivity contribution in [2.45, 2.75) is 31.7 Å². The smallest absolute Gasteiger partial charge is 0.306 e.